The number of nitrogens with zero attached hydrogens (tertiary/aromatic N) is 3. The molecule has 2 heterocycles. The minimum Gasteiger partial charge on any atom is -0.458 e. The van der Waals surface area contributed by atoms with Crippen LogP contribution < -0.4 is 5.32 Å². The van der Waals surface area contributed by atoms with Crippen molar-refractivity contribution < 1.29 is 14.3 Å². The van der Waals surface area contributed by atoms with Crippen LogP contribution in [-0.4, -0.2) is 37.6 Å². The molecule has 24 heavy (non-hydrogen) atoms. The van der Waals surface area contributed by atoms with Gasteiger partial charge in [0.1, 0.15) is 17.5 Å². The van der Waals surface area contributed by atoms with Crippen molar-refractivity contribution in [3.05, 3.63) is 30.2 Å². The van der Waals surface area contributed by atoms with Gasteiger partial charge in [-0.15, -0.1) is 10.2 Å². The monoisotopic (exact) mass is 330 g/mol. The Morgan fingerprint density at radius 3 is 2.62 bits per heavy atom. The van der Waals surface area contributed by atoms with E-state index < -0.39 is 11.1 Å². The van der Waals surface area contributed by atoms with E-state index in [2.05, 4.69) is 15.5 Å². The summed E-state index contributed by atoms with van der Waals surface area (Å²) in [6.07, 6.45) is 6.17. The highest BCUT2D eigenvalue weighted by molar-refractivity contribution is 5.98. The van der Waals surface area contributed by atoms with E-state index in [1.54, 1.807) is 22.7 Å². The van der Waals surface area contributed by atoms with Gasteiger partial charge in [-0.25, -0.2) is 4.79 Å². The molecule has 1 saturated carbocycles. The zero-order valence-electron chi connectivity index (χ0n) is 14.2. The molecule has 2 aromatic heterocycles. The van der Waals surface area contributed by atoms with Gasteiger partial charge in [-0.2, -0.15) is 0 Å². The summed E-state index contributed by atoms with van der Waals surface area (Å²) in [6, 6.07) is 3.40. The van der Waals surface area contributed by atoms with Crippen LogP contribution in [-0.2, 0) is 9.53 Å². The quantitative estimate of drug-likeness (QED) is 0.871. The van der Waals surface area contributed by atoms with Crippen molar-refractivity contribution in [2.45, 2.75) is 57.6 Å². The maximum Gasteiger partial charge on any atom is 0.332 e. The number of nitrogens with one attached hydrogen (secondary N) is 1. The zero-order chi connectivity index (χ0) is 17.4. The molecule has 2 aromatic rings. The molecular formula is C17H22N4O3. The molecule has 0 spiro atoms. The normalized spacial score (nSPS) is 17.0. The lowest BCUT2D eigenvalue weighted by molar-refractivity contribution is -0.162. The van der Waals surface area contributed by atoms with Crippen molar-refractivity contribution in [3.63, 3.8) is 0 Å². The molecule has 0 aromatic carbocycles. The fraction of sp³-hybridized carbons (Fsp3) is 0.529. The first kappa shape index (κ1) is 16.4. The molecule has 7 nitrogen and oxygen atoms in total. The lowest BCUT2D eigenvalue weighted by Crippen LogP contribution is -2.54. The fourth-order valence-corrected chi connectivity index (χ4v) is 2.99. The Bertz CT molecular complexity index is 769. The summed E-state index contributed by atoms with van der Waals surface area (Å²) in [4.78, 5) is 25.3. The highest BCUT2D eigenvalue weighted by Gasteiger charge is 2.45. The van der Waals surface area contributed by atoms with Gasteiger partial charge in [-0.05, 0) is 45.7 Å². The van der Waals surface area contributed by atoms with Crippen molar-refractivity contribution in [1.82, 2.24) is 19.9 Å². The standard InChI is InChI=1S/C17H22N4O3/c1-16(2,3)24-15(23)17(8-4-5-9-17)19-14(22)12-6-7-13-20-18-11-21(13)10-12/h6-7,10-11H,4-5,8-9H2,1-3H3,(H,19,22). The maximum atomic E-state index is 12.7. The van der Waals surface area contributed by atoms with Crippen LogP contribution in [0.15, 0.2) is 24.7 Å². The highest BCUT2D eigenvalue weighted by Crippen LogP contribution is 2.32. The molecule has 0 bridgehead atoms. The van der Waals surface area contributed by atoms with Gasteiger partial charge >= 0.3 is 5.97 Å². The lowest BCUT2D eigenvalue weighted by Gasteiger charge is -2.31. The number of esters is 1. The molecule has 7 heteroatoms. The van der Waals surface area contributed by atoms with E-state index in [1.165, 1.54) is 6.33 Å². The number of carbonyl (C=O) groups is 2. The van der Waals surface area contributed by atoms with Crippen LogP contribution in [0.25, 0.3) is 5.65 Å². The van der Waals surface area contributed by atoms with Gasteiger partial charge in [0.05, 0.1) is 5.56 Å². The number of ether oxygens (including phenoxy) is 1. The molecule has 1 fully saturated rings. The summed E-state index contributed by atoms with van der Waals surface area (Å²) >= 11 is 0. The number of amides is 1. The lowest BCUT2D eigenvalue weighted by atomic mass is 9.96. The number of pyridine rings is 1. The van der Waals surface area contributed by atoms with E-state index in [-0.39, 0.29) is 11.9 Å². The van der Waals surface area contributed by atoms with Crippen molar-refractivity contribution in [2.75, 3.05) is 0 Å². The van der Waals surface area contributed by atoms with Gasteiger partial charge in [-0.3, -0.25) is 9.20 Å². The first-order chi connectivity index (χ1) is 11.3. The van der Waals surface area contributed by atoms with Crippen LogP contribution in [0.4, 0.5) is 0 Å². The minimum atomic E-state index is -0.938. The first-order valence-corrected chi connectivity index (χ1v) is 8.14. The Balaban J connectivity index is 1.82. The second-order valence-electron chi connectivity index (χ2n) is 7.26. The van der Waals surface area contributed by atoms with Gasteiger partial charge in [0, 0.05) is 6.20 Å². The number of hydrogen-bond donors (Lipinski definition) is 1. The summed E-state index contributed by atoms with van der Waals surface area (Å²) in [5.41, 5.74) is -0.405. The summed E-state index contributed by atoms with van der Waals surface area (Å²) in [5, 5.41) is 10.6. The van der Waals surface area contributed by atoms with E-state index in [1.807, 2.05) is 20.8 Å². The van der Waals surface area contributed by atoms with E-state index >= 15 is 0 Å². The Hall–Kier alpha value is -2.44. The predicted octanol–water partition coefficient (Wildman–Crippen LogP) is 2.11. The molecule has 3 rings (SSSR count). The van der Waals surface area contributed by atoms with E-state index in [4.69, 9.17) is 4.74 Å². The SMILES string of the molecule is CC(C)(C)OC(=O)C1(NC(=O)c2ccc3nncn3c2)CCCC1. The second kappa shape index (κ2) is 5.89. The Labute approximate surface area is 140 Å². The van der Waals surface area contributed by atoms with Gasteiger partial charge in [-0.1, -0.05) is 12.8 Å². The third-order valence-electron chi connectivity index (χ3n) is 4.15. The zero-order valence-corrected chi connectivity index (χ0v) is 14.2. The summed E-state index contributed by atoms with van der Waals surface area (Å²) < 4.78 is 7.21. The molecule has 0 atom stereocenters. The molecule has 1 aliphatic carbocycles. The van der Waals surface area contributed by atoms with Crippen molar-refractivity contribution in [1.29, 1.82) is 0 Å². The molecular weight excluding hydrogens is 308 g/mol. The number of aromatic nitrogens is 3. The predicted molar refractivity (Wildman–Crippen MR) is 87.5 cm³/mol. The first-order valence-electron chi connectivity index (χ1n) is 8.14. The Kier molecular flexibility index (Phi) is 4.03. The Morgan fingerprint density at radius 2 is 1.96 bits per heavy atom. The van der Waals surface area contributed by atoms with Crippen molar-refractivity contribution in [3.8, 4) is 0 Å². The fourth-order valence-electron chi connectivity index (χ4n) is 2.99. The number of fused-ring (bicyclic) bond motifs is 1. The summed E-state index contributed by atoms with van der Waals surface area (Å²) in [7, 11) is 0. The molecule has 0 radical (unpaired) electrons. The highest BCUT2D eigenvalue weighted by atomic mass is 16.6. The average Bonchev–Trinajstić information content (AvgIpc) is 3.13. The van der Waals surface area contributed by atoms with Crippen molar-refractivity contribution >= 4 is 17.5 Å². The minimum absolute atomic E-state index is 0.293. The third kappa shape index (κ3) is 3.25. The van der Waals surface area contributed by atoms with E-state index in [9.17, 15) is 9.59 Å². The summed E-state index contributed by atoms with van der Waals surface area (Å²) in [6.45, 7) is 5.49. The van der Waals surface area contributed by atoms with E-state index in [0.29, 0.717) is 24.1 Å². The largest absolute Gasteiger partial charge is 0.458 e. The molecule has 0 unspecified atom stereocenters. The number of rotatable bonds is 3. The average molecular weight is 330 g/mol. The third-order valence-corrected chi connectivity index (χ3v) is 4.15. The molecule has 1 N–H and O–H groups in total. The van der Waals surface area contributed by atoms with Crippen LogP contribution >= 0.6 is 0 Å². The van der Waals surface area contributed by atoms with Gasteiger partial charge in [0.2, 0.25) is 0 Å². The molecule has 1 amide bonds. The number of carbonyl (C=O) groups excluding carboxylic acids is 2. The molecule has 0 aliphatic heterocycles. The maximum absolute atomic E-state index is 12.7. The van der Waals surface area contributed by atoms with Crippen LogP contribution in [0, 0.1) is 0 Å². The molecule has 1 aliphatic rings. The van der Waals surface area contributed by atoms with E-state index in [0.717, 1.165) is 12.8 Å². The topological polar surface area (TPSA) is 85.6 Å². The summed E-state index contributed by atoms with van der Waals surface area (Å²) in [5.74, 6) is -0.649. The van der Waals surface area contributed by atoms with Crippen LogP contribution in [0.5, 0.6) is 0 Å². The number of hydrogen-bond acceptors (Lipinski definition) is 5. The van der Waals surface area contributed by atoms with Crippen LogP contribution in [0.3, 0.4) is 0 Å². The Morgan fingerprint density at radius 1 is 1.25 bits per heavy atom. The smallest absolute Gasteiger partial charge is 0.332 e. The van der Waals surface area contributed by atoms with Gasteiger partial charge < -0.3 is 10.1 Å². The van der Waals surface area contributed by atoms with Crippen molar-refractivity contribution in [2.24, 2.45) is 0 Å². The van der Waals surface area contributed by atoms with Crippen LogP contribution in [0.2, 0.25) is 0 Å². The molecule has 128 valence electrons. The van der Waals surface area contributed by atoms with Gasteiger partial charge in [0.25, 0.3) is 5.91 Å². The second-order valence-corrected chi connectivity index (χ2v) is 7.26. The van der Waals surface area contributed by atoms with Crippen LogP contribution in [0.1, 0.15) is 56.8 Å². The van der Waals surface area contributed by atoms with Gasteiger partial charge in [0.15, 0.2) is 5.65 Å². The molecule has 0 saturated heterocycles.